The van der Waals surface area contributed by atoms with Crippen LogP contribution < -0.4 is 0 Å². The molecule has 29 heavy (non-hydrogen) atoms. The lowest BCUT2D eigenvalue weighted by molar-refractivity contribution is 0.0746. The van der Waals surface area contributed by atoms with E-state index >= 15 is 0 Å². The molecule has 2 aromatic rings. The number of ether oxygens (including phenoxy) is 1. The van der Waals surface area contributed by atoms with E-state index in [0.29, 0.717) is 13.2 Å². The van der Waals surface area contributed by atoms with Gasteiger partial charge in [-0.1, -0.05) is 35.5 Å². The summed E-state index contributed by atoms with van der Waals surface area (Å²) in [6.45, 7) is 5.92. The Morgan fingerprint density at radius 1 is 1.03 bits per heavy atom. The summed E-state index contributed by atoms with van der Waals surface area (Å²) < 4.78 is 5.44. The van der Waals surface area contributed by atoms with Crippen LogP contribution in [0.4, 0.5) is 5.69 Å². The second-order valence-corrected chi connectivity index (χ2v) is 8.68. The molecule has 0 radical (unpaired) electrons. The van der Waals surface area contributed by atoms with Crippen LogP contribution in [-0.2, 0) is 4.74 Å². The topological polar surface area (TPSA) is 48.3 Å². The maximum Gasteiger partial charge on any atom is 0.137 e. The van der Waals surface area contributed by atoms with E-state index in [1.54, 1.807) is 11.8 Å². The second-order valence-electron chi connectivity index (χ2n) is 7.16. The number of nitrogens with zero attached hydrogens (tertiary/aromatic N) is 3. The number of para-hydroxylation sites is 1. The summed E-state index contributed by atoms with van der Waals surface area (Å²) in [7, 11) is 0. The third kappa shape index (κ3) is 5.13. The fraction of sp³-hybridized carbons (Fsp3) is 0.409. The van der Waals surface area contributed by atoms with Crippen LogP contribution in [-0.4, -0.2) is 73.3 Å². The first-order valence-electron chi connectivity index (χ1n) is 10.1. The highest BCUT2D eigenvalue weighted by molar-refractivity contribution is 7.99. The SMILES string of the molecule is OCCOCCN1CCCN(C2=Nc3ccccc3Sc3ccc(Cl)cc32)CC1. The molecule has 0 spiro atoms. The van der Waals surface area contributed by atoms with Crippen LogP contribution >= 0.6 is 23.4 Å². The lowest BCUT2D eigenvalue weighted by atomic mass is 10.1. The zero-order valence-electron chi connectivity index (χ0n) is 16.4. The molecule has 0 aliphatic carbocycles. The van der Waals surface area contributed by atoms with Crippen molar-refractivity contribution in [1.29, 1.82) is 0 Å². The first-order valence-corrected chi connectivity index (χ1v) is 11.3. The fourth-order valence-electron chi connectivity index (χ4n) is 3.70. The Balaban J connectivity index is 1.56. The van der Waals surface area contributed by atoms with Crippen molar-refractivity contribution in [3.05, 3.63) is 53.1 Å². The average molecular weight is 432 g/mol. The molecular formula is C22H26ClN3O2S. The van der Waals surface area contributed by atoms with Gasteiger partial charge in [-0.3, -0.25) is 4.90 Å². The molecule has 2 aliphatic heterocycles. The third-order valence-electron chi connectivity index (χ3n) is 5.17. The van der Waals surface area contributed by atoms with Crippen molar-refractivity contribution in [2.24, 2.45) is 4.99 Å². The van der Waals surface area contributed by atoms with Crippen molar-refractivity contribution >= 4 is 34.9 Å². The van der Waals surface area contributed by atoms with E-state index in [1.807, 2.05) is 18.2 Å². The Morgan fingerprint density at radius 3 is 2.83 bits per heavy atom. The van der Waals surface area contributed by atoms with Crippen molar-refractivity contribution < 1.29 is 9.84 Å². The van der Waals surface area contributed by atoms with E-state index in [0.717, 1.165) is 61.3 Å². The van der Waals surface area contributed by atoms with Gasteiger partial charge in [-0.25, -0.2) is 4.99 Å². The predicted octanol–water partition coefficient (Wildman–Crippen LogP) is 3.90. The van der Waals surface area contributed by atoms with Crippen LogP contribution in [0, 0.1) is 0 Å². The highest BCUT2D eigenvalue weighted by Crippen LogP contribution is 2.41. The number of hydrogen-bond acceptors (Lipinski definition) is 6. The predicted molar refractivity (Wildman–Crippen MR) is 119 cm³/mol. The molecule has 2 aromatic carbocycles. The van der Waals surface area contributed by atoms with E-state index in [4.69, 9.17) is 26.4 Å². The molecule has 0 aromatic heterocycles. The van der Waals surface area contributed by atoms with Gasteiger partial charge >= 0.3 is 0 Å². The summed E-state index contributed by atoms with van der Waals surface area (Å²) in [5.74, 6) is 1.01. The maximum atomic E-state index is 8.85. The minimum absolute atomic E-state index is 0.0784. The Bertz CT molecular complexity index is 877. The summed E-state index contributed by atoms with van der Waals surface area (Å²) in [5.41, 5.74) is 2.12. The molecule has 0 atom stereocenters. The van der Waals surface area contributed by atoms with Gasteiger partial charge in [-0.05, 0) is 43.3 Å². The number of hydrogen-bond donors (Lipinski definition) is 1. The number of fused-ring (bicyclic) bond motifs is 2. The Kier molecular flexibility index (Phi) is 7.11. The van der Waals surface area contributed by atoms with Gasteiger partial charge in [-0.15, -0.1) is 0 Å². The summed E-state index contributed by atoms with van der Waals surface area (Å²) in [6.07, 6.45) is 1.07. The number of benzene rings is 2. The maximum absolute atomic E-state index is 8.85. The number of aliphatic hydroxyl groups excluding tert-OH is 1. The lowest BCUT2D eigenvalue weighted by Crippen LogP contribution is -2.36. The summed E-state index contributed by atoms with van der Waals surface area (Å²) in [6, 6.07) is 14.4. The van der Waals surface area contributed by atoms with Gasteiger partial charge < -0.3 is 14.7 Å². The van der Waals surface area contributed by atoms with E-state index in [1.165, 1.54) is 9.79 Å². The highest BCUT2D eigenvalue weighted by Gasteiger charge is 2.24. The van der Waals surface area contributed by atoms with Crippen LogP contribution in [0.15, 0.2) is 57.2 Å². The minimum Gasteiger partial charge on any atom is -0.394 e. The van der Waals surface area contributed by atoms with E-state index in [2.05, 4.69) is 34.1 Å². The molecule has 1 N–H and O–H groups in total. The Morgan fingerprint density at radius 2 is 1.93 bits per heavy atom. The van der Waals surface area contributed by atoms with Gasteiger partial charge in [0.1, 0.15) is 5.84 Å². The Labute approximate surface area is 181 Å². The van der Waals surface area contributed by atoms with E-state index < -0.39 is 0 Å². The first kappa shape index (κ1) is 20.7. The molecule has 154 valence electrons. The van der Waals surface area contributed by atoms with Gasteiger partial charge in [-0.2, -0.15) is 0 Å². The molecule has 5 nitrogen and oxygen atoms in total. The number of amidine groups is 1. The average Bonchev–Trinajstić information content (AvgIpc) is 3.06. The van der Waals surface area contributed by atoms with E-state index in [9.17, 15) is 0 Å². The van der Waals surface area contributed by atoms with Crippen LogP contribution in [0.25, 0.3) is 0 Å². The van der Waals surface area contributed by atoms with Crippen molar-refractivity contribution in [2.75, 3.05) is 52.5 Å². The zero-order valence-corrected chi connectivity index (χ0v) is 18.0. The second kappa shape index (κ2) is 9.96. The number of aliphatic imine (C=N–C) groups is 1. The van der Waals surface area contributed by atoms with Gasteiger partial charge in [0.2, 0.25) is 0 Å². The van der Waals surface area contributed by atoms with Gasteiger partial charge in [0, 0.05) is 46.6 Å². The van der Waals surface area contributed by atoms with Crippen LogP contribution in [0.5, 0.6) is 0 Å². The summed E-state index contributed by atoms with van der Waals surface area (Å²) in [5, 5.41) is 9.59. The minimum atomic E-state index is 0.0784. The molecule has 7 heteroatoms. The molecule has 0 amide bonds. The number of aliphatic hydroxyl groups is 1. The molecule has 4 rings (SSSR count). The molecular weight excluding hydrogens is 406 g/mol. The number of rotatable bonds is 5. The molecule has 0 saturated carbocycles. The molecule has 2 heterocycles. The Hall–Kier alpha value is -1.57. The standard InChI is InChI=1S/C22H26ClN3O2S/c23-17-6-7-20-18(16-17)22(24-19-4-1-2-5-21(19)29-20)26-9-3-8-25(10-11-26)12-14-28-15-13-27/h1-2,4-7,16,27H,3,8-15H2. The number of halogens is 1. The quantitative estimate of drug-likeness (QED) is 0.727. The smallest absolute Gasteiger partial charge is 0.137 e. The van der Waals surface area contributed by atoms with Crippen molar-refractivity contribution in [1.82, 2.24) is 9.80 Å². The molecule has 2 aliphatic rings. The van der Waals surface area contributed by atoms with Crippen LogP contribution in [0.2, 0.25) is 5.02 Å². The monoisotopic (exact) mass is 431 g/mol. The molecule has 1 fully saturated rings. The fourth-order valence-corrected chi connectivity index (χ4v) is 4.87. The summed E-state index contributed by atoms with van der Waals surface area (Å²) in [4.78, 5) is 12.3. The van der Waals surface area contributed by atoms with Crippen molar-refractivity contribution in [3.8, 4) is 0 Å². The van der Waals surface area contributed by atoms with Crippen molar-refractivity contribution in [3.63, 3.8) is 0 Å². The summed E-state index contributed by atoms with van der Waals surface area (Å²) >= 11 is 8.12. The van der Waals surface area contributed by atoms with Crippen molar-refractivity contribution in [2.45, 2.75) is 16.2 Å². The zero-order chi connectivity index (χ0) is 20.1. The van der Waals surface area contributed by atoms with Gasteiger partial charge in [0.15, 0.2) is 0 Å². The van der Waals surface area contributed by atoms with Crippen LogP contribution in [0.3, 0.4) is 0 Å². The largest absolute Gasteiger partial charge is 0.394 e. The molecule has 0 unspecified atom stereocenters. The molecule has 1 saturated heterocycles. The normalized spacial score (nSPS) is 17.2. The molecule has 0 bridgehead atoms. The van der Waals surface area contributed by atoms with Gasteiger partial charge in [0.05, 0.1) is 25.5 Å². The lowest BCUT2D eigenvalue weighted by Gasteiger charge is -2.25. The first-order chi connectivity index (χ1) is 14.2. The van der Waals surface area contributed by atoms with Gasteiger partial charge in [0.25, 0.3) is 0 Å². The van der Waals surface area contributed by atoms with E-state index in [-0.39, 0.29) is 6.61 Å². The van der Waals surface area contributed by atoms with Crippen LogP contribution in [0.1, 0.15) is 12.0 Å². The highest BCUT2D eigenvalue weighted by atomic mass is 35.5. The third-order valence-corrected chi connectivity index (χ3v) is 6.55.